The fourth-order valence-corrected chi connectivity index (χ4v) is 2.83. The highest BCUT2D eigenvalue weighted by Crippen LogP contribution is 2.23. The molecule has 1 atom stereocenters. The van der Waals surface area contributed by atoms with E-state index in [1.165, 1.54) is 6.92 Å². The number of nitrogens with zero attached hydrogens (tertiary/aromatic N) is 1. The van der Waals surface area contributed by atoms with Gasteiger partial charge in [-0.2, -0.15) is 0 Å². The molecule has 1 unspecified atom stereocenters. The van der Waals surface area contributed by atoms with Gasteiger partial charge in [-0.3, -0.25) is 4.31 Å². The van der Waals surface area contributed by atoms with Crippen molar-refractivity contribution >= 4 is 21.7 Å². The molecule has 5 nitrogen and oxygen atoms in total. The molecule has 0 aliphatic carbocycles. The molecule has 0 spiro atoms. The summed E-state index contributed by atoms with van der Waals surface area (Å²) in [5, 5.41) is 8.99. The molecule has 100 valence electrons. The minimum atomic E-state index is -3.64. The molecule has 1 aromatic rings. The van der Waals surface area contributed by atoms with Crippen molar-refractivity contribution in [3.63, 3.8) is 0 Å². The molecule has 0 radical (unpaired) electrons. The summed E-state index contributed by atoms with van der Waals surface area (Å²) in [5.74, 6) is -1.18. The van der Waals surface area contributed by atoms with Gasteiger partial charge in [-0.05, 0) is 44.0 Å². The first kappa shape index (κ1) is 14.5. The zero-order valence-corrected chi connectivity index (χ0v) is 11.7. The lowest BCUT2D eigenvalue weighted by atomic mass is 10.1. The first-order chi connectivity index (χ1) is 8.14. The molecule has 0 aliphatic heterocycles. The average Bonchev–Trinajstić information content (AvgIpc) is 2.21. The number of carbonyl (C=O) groups is 1. The molecule has 0 fully saturated rings. The molecule has 0 aliphatic rings. The lowest BCUT2D eigenvalue weighted by Crippen LogP contribution is -2.42. The molecule has 0 amide bonds. The molecule has 1 rings (SSSR count). The van der Waals surface area contributed by atoms with Crippen LogP contribution in [0.4, 0.5) is 5.69 Å². The summed E-state index contributed by atoms with van der Waals surface area (Å²) in [7, 11) is -3.64. The molecule has 0 heterocycles. The second kappa shape index (κ2) is 4.97. The third kappa shape index (κ3) is 3.01. The van der Waals surface area contributed by atoms with Gasteiger partial charge in [0.25, 0.3) is 0 Å². The van der Waals surface area contributed by atoms with Gasteiger partial charge in [-0.15, -0.1) is 0 Å². The number of hydrogen-bond acceptors (Lipinski definition) is 3. The molecular formula is C12H17NO4S. The van der Waals surface area contributed by atoms with E-state index in [9.17, 15) is 13.2 Å². The predicted molar refractivity (Wildman–Crippen MR) is 70.3 cm³/mol. The van der Waals surface area contributed by atoms with Crippen molar-refractivity contribution in [1.82, 2.24) is 0 Å². The molecule has 0 saturated heterocycles. The van der Waals surface area contributed by atoms with Gasteiger partial charge in [0, 0.05) is 0 Å². The van der Waals surface area contributed by atoms with Crippen molar-refractivity contribution in [2.45, 2.75) is 26.8 Å². The Bertz CT molecular complexity index is 565. The molecule has 6 heteroatoms. The number of hydrogen-bond donors (Lipinski definition) is 1. The summed E-state index contributed by atoms with van der Waals surface area (Å²) in [5.41, 5.74) is 2.31. The van der Waals surface area contributed by atoms with Crippen LogP contribution in [0.2, 0.25) is 0 Å². The van der Waals surface area contributed by atoms with Crippen LogP contribution in [0.3, 0.4) is 0 Å². The van der Waals surface area contributed by atoms with E-state index >= 15 is 0 Å². The largest absolute Gasteiger partial charge is 0.480 e. The Morgan fingerprint density at radius 2 is 1.83 bits per heavy atom. The van der Waals surface area contributed by atoms with E-state index in [1.54, 1.807) is 18.2 Å². The normalized spacial score (nSPS) is 13.1. The lowest BCUT2D eigenvalue weighted by Gasteiger charge is -2.26. The van der Waals surface area contributed by atoms with Crippen LogP contribution in [0.25, 0.3) is 0 Å². The van der Waals surface area contributed by atoms with Gasteiger partial charge in [-0.25, -0.2) is 13.2 Å². The maximum absolute atomic E-state index is 11.7. The minimum absolute atomic E-state index is 0.371. The fraction of sp³-hybridized carbons (Fsp3) is 0.417. The van der Waals surface area contributed by atoms with E-state index in [0.29, 0.717) is 5.69 Å². The van der Waals surface area contributed by atoms with Crippen molar-refractivity contribution < 1.29 is 18.3 Å². The van der Waals surface area contributed by atoms with Crippen LogP contribution in [0.5, 0.6) is 0 Å². The Morgan fingerprint density at radius 3 is 2.22 bits per heavy atom. The van der Waals surface area contributed by atoms with Gasteiger partial charge in [0.05, 0.1) is 11.9 Å². The van der Waals surface area contributed by atoms with E-state index in [0.717, 1.165) is 21.7 Å². The van der Waals surface area contributed by atoms with Crippen LogP contribution in [0, 0.1) is 13.8 Å². The van der Waals surface area contributed by atoms with Crippen LogP contribution in [0.15, 0.2) is 18.2 Å². The van der Waals surface area contributed by atoms with Gasteiger partial charge in [0.15, 0.2) is 0 Å². The minimum Gasteiger partial charge on any atom is -0.480 e. The molecule has 18 heavy (non-hydrogen) atoms. The van der Waals surface area contributed by atoms with Crippen LogP contribution >= 0.6 is 0 Å². The third-order valence-electron chi connectivity index (χ3n) is 2.81. The third-order valence-corrected chi connectivity index (χ3v) is 4.05. The van der Waals surface area contributed by atoms with Crippen molar-refractivity contribution in [2.24, 2.45) is 0 Å². The Morgan fingerprint density at radius 1 is 1.28 bits per heavy atom. The highest BCUT2D eigenvalue weighted by Gasteiger charge is 2.28. The Balaban J connectivity index is 3.36. The van der Waals surface area contributed by atoms with Crippen molar-refractivity contribution in [1.29, 1.82) is 0 Å². The van der Waals surface area contributed by atoms with Crippen LogP contribution in [0.1, 0.15) is 18.1 Å². The summed E-state index contributed by atoms with van der Waals surface area (Å²) < 4.78 is 24.4. The van der Waals surface area contributed by atoms with Gasteiger partial charge >= 0.3 is 5.97 Å². The van der Waals surface area contributed by atoms with Crippen LogP contribution in [-0.4, -0.2) is 31.8 Å². The van der Waals surface area contributed by atoms with E-state index < -0.39 is 22.0 Å². The Labute approximate surface area is 107 Å². The maximum Gasteiger partial charge on any atom is 0.327 e. The van der Waals surface area contributed by atoms with Gasteiger partial charge in [0.1, 0.15) is 6.04 Å². The van der Waals surface area contributed by atoms with E-state index in [1.807, 2.05) is 13.8 Å². The number of sulfonamides is 1. The summed E-state index contributed by atoms with van der Waals surface area (Å²) in [6.45, 7) is 5.10. The molecule has 0 saturated carbocycles. The smallest absolute Gasteiger partial charge is 0.327 e. The van der Waals surface area contributed by atoms with Crippen molar-refractivity contribution in [3.05, 3.63) is 29.3 Å². The Kier molecular flexibility index (Phi) is 4.01. The summed E-state index contributed by atoms with van der Waals surface area (Å²) >= 11 is 0. The maximum atomic E-state index is 11.7. The van der Waals surface area contributed by atoms with E-state index in [4.69, 9.17) is 5.11 Å². The molecular weight excluding hydrogens is 254 g/mol. The molecule has 1 aromatic carbocycles. The molecule has 0 aromatic heterocycles. The zero-order chi connectivity index (χ0) is 14.1. The summed E-state index contributed by atoms with van der Waals surface area (Å²) in [4.78, 5) is 11.0. The predicted octanol–water partition coefficient (Wildman–Crippen LogP) is 1.54. The number of aryl methyl sites for hydroxylation is 2. The SMILES string of the molecule is Cc1ccc(N(C(C)C(=O)O)S(C)(=O)=O)cc1C. The standard InChI is InChI=1S/C12H17NO4S/c1-8-5-6-11(7-9(8)2)13(18(4,16)17)10(3)12(14)15/h5-7,10H,1-4H3,(H,14,15). The fourth-order valence-electron chi connectivity index (χ4n) is 1.67. The number of carboxylic acid groups (broad SMARTS) is 1. The zero-order valence-electron chi connectivity index (χ0n) is 10.8. The second-order valence-corrected chi connectivity index (χ2v) is 6.20. The van der Waals surface area contributed by atoms with E-state index in [2.05, 4.69) is 0 Å². The number of aliphatic carboxylic acids is 1. The van der Waals surface area contributed by atoms with Crippen LogP contribution in [-0.2, 0) is 14.8 Å². The Hall–Kier alpha value is -1.56. The second-order valence-electron chi connectivity index (χ2n) is 4.34. The lowest BCUT2D eigenvalue weighted by molar-refractivity contribution is -0.137. The first-order valence-corrected chi connectivity index (χ1v) is 7.29. The quantitative estimate of drug-likeness (QED) is 0.901. The molecule has 1 N–H and O–H groups in total. The van der Waals surface area contributed by atoms with Gasteiger partial charge in [-0.1, -0.05) is 6.07 Å². The average molecular weight is 271 g/mol. The van der Waals surface area contributed by atoms with Crippen LogP contribution < -0.4 is 4.31 Å². The summed E-state index contributed by atoms with van der Waals surface area (Å²) in [6, 6.07) is 3.93. The highest BCUT2D eigenvalue weighted by atomic mass is 32.2. The van der Waals surface area contributed by atoms with E-state index in [-0.39, 0.29) is 0 Å². The van der Waals surface area contributed by atoms with Crippen molar-refractivity contribution in [2.75, 3.05) is 10.6 Å². The first-order valence-electron chi connectivity index (χ1n) is 5.44. The van der Waals surface area contributed by atoms with Gasteiger partial charge in [0.2, 0.25) is 10.0 Å². The number of rotatable bonds is 4. The highest BCUT2D eigenvalue weighted by molar-refractivity contribution is 7.92. The number of benzene rings is 1. The molecule has 0 bridgehead atoms. The van der Waals surface area contributed by atoms with Gasteiger partial charge < -0.3 is 5.11 Å². The number of carboxylic acids is 1. The number of anilines is 1. The summed E-state index contributed by atoms with van der Waals surface area (Å²) in [6.07, 6.45) is 1.00. The topological polar surface area (TPSA) is 74.7 Å². The van der Waals surface area contributed by atoms with Crippen molar-refractivity contribution in [3.8, 4) is 0 Å². The monoisotopic (exact) mass is 271 g/mol.